The molecule has 3 aliphatic rings. The van der Waals surface area contributed by atoms with Crippen molar-refractivity contribution in [2.45, 2.75) is 82.7 Å². The van der Waals surface area contributed by atoms with E-state index in [9.17, 15) is 28.8 Å². The fraction of sp³-hybridized carbons (Fsp3) is 0.429. The van der Waals surface area contributed by atoms with Gasteiger partial charge in [-0.05, 0) is 73.4 Å². The second kappa shape index (κ2) is 18.2. The molecule has 0 aromatic heterocycles. The standard InChI is InChI=1S/C42H52N6O9/c1-9-31-41(53)46(4)32(20-26-10-15-29(55-7)16-11-26)39(51)44-25(3)40(52)48(6)34-21-27-12-17-30(18-13-27)57-36-23-28(14-19-35(36)56-8)22-33(47(5)42(34)54)38(50)43-24(2)37(49)45-31/h10-19,23-25,31-34H,9,20-22H2,1-8H3,(H,43,50)(H,44,51)(H,45,49)/t24-,25+,31+,32+,33+,34+/m1/s1. The first kappa shape index (κ1) is 42.0. The van der Waals surface area contributed by atoms with E-state index in [-0.39, 0.29) is 25.7 Å². The molecule has 6 amide bonds. The summed E-state index contributed by atoms with van der Waals surface area (Å²) in [5.41, 5.74) is 2.04. The molecule has 6 atom stereocenters. The molecule has 1 fully saturated rings. The van der Waals surface area contributed by atoms with Gasteiger partial charge in [0.25, 0.3) is 0 Å². The molecule has 3 heterocycles. The summed E-state index contributed by atoms with van der Waals surface area (Å²) in [6, 6.07) is 12.6. The van der Waals surface area contributed by atoms with E-state index in [4.69, 9.17) is 14.2 Å². The molecule has 15 heteroatoms. The first-order valence-electron chi connectivity index (χ1n) is 18.9. The van der Waals surface area contributed by atoms with Crippen LogP contribution in [0.25, 0.3) is 0 Å². The number of nitrogens with zero attached hydrogens (tertiary/aromatic N) is 3. The first-order valence-corrected chi connectivity index (χ1v) is 18.9. The van der Waals surface area contributed by atoms with E-state index in [0.29, 0.717) is 39.7 Å². The Kier molecular flexibility index (Phi) is 13.4. The predicted molar refractivity (Wildman–Crippen MR) is 211 cm³/mol. The smallest absolute Gasteiger partial charge is 0.246 e. The van der Waals surface area contributed by atoms with E-state index < -0.39 is 71.7 Å². The number of hydrogen-bond acceptors (Lipinski definition) is 9. The maximum Gasteiger partial charge on any atom is 0.246 e. The summed E-state index contributed by atoms with van der Waals surface area (Å²) in [6.45, 7) is 4.71. The molecule has 15 nitrogen and oxygen atoms in total. The van der Waals surface area contributed by atoms with Crippen LogP contribution in [0.1, 0.15) is 43.9 Å². The van der Waals surface area contributed by atoms with Gasteiger partial charge < -0.3 is 44.9 Å². The van der Waals surface area contributed by atoms with Gasteiger partial charge in [0.1, 0.15) is 47.8 Å². The molecule has 304 valence electrons. The van der Waals surface area contributed by atoms with Crippen molar-refractivity contribution >= 4 is 35.4 Å². The van der Waals surface area contributed by atoms with E-state index >= 15 is 0 Å². The van der Waals surface area contributed by atoms with Gasteiger partial charge in [-0.1, -0.05) is 37.3 Å². The van der Waals surface area contributed by atoms with Gasteiger partial charge in [-0.25, -0.2) is 0 Å². The molecular formula is C42H52N6O9. The molecule has 0 unspecified atom stereocenters. The Balaban J connectivity index is 1.59. The van der Waals surface area contributed by atoms with Crippen LogP contribution >= 0.6 is 0 Å². The lowest BCUT2D eigenvalue weighted by Gasteiger charge is -2.37. The fourth-order valence-electron chi connectivity index (χ4n) is 7.01. The summed E-state index contributed by atoms with van der Waals surface area (Å²) < 4.78 is 17.0. The predicted octanol–water partition coefficient (Wildman–Crippen LogP) is 2.24. The molecule has 0 saturated carbocycles. The lowest BCUT2D eigenvalue weighted by atomic mass is 9.98. The SMILES string of the molecule is CC[C@@H]1NC(=O)[C@@H](C)NC(=O)[C@@H]2Cc3ccc(OC)c(c3)Oc3ccc(cc3)C[C@@H](C(=O)N2C)N(C)C(=O)[C@H](C)NC(=O)[C@H](Cc2ccc(OC)cc2)N(C)C1=O. The molecule has 1 saturated heterocycles. The number of carbonyl (C=O) groups is 6. The summed E-state index contributed by atoms with van der Waals surface area (Å²) in [5.74, 6) is -1.56. The number of hydrogen-bond donors (Lipinski definition) is 3. The summed E-state index contributed by atoms with van der Waals surface area (Å²) in [5, 5.41) is 8.27. The van der Waals surface area contributed by atoms with Crippen LogP contribution in [0.4, 0.5) is 0 Å². The Labute approximate surface area is 333 Å². The molecule has 6 bridgehead atoms. The van der Waals surface area contributed by atoms with Crippen molar-refractivity contribution in [1.29, 1.82) is 0 Å². The number of methoxy groups -OCH3 is 2. The second-order valence-corrected chi connectivity index (χ2v) is 14.5. The number of carbonyl (C=O) groups excluding carboxylic acids is 6. The largest absolute Gasteiger partial charge is 0.497 e. The molecule has 0 aliphatic carbocycles. The molecule has 6 rings (SSSR count). The van der Waals surface area contributed by atoms with Crippen LogP contribution in [0.5, 0.6) is 23.0 Å². The Morgan fingerprint density at radius 1 is 0.649 bits per heavy atom. The Hall–Kier alpha value is -6.12. The van der Waals surface area contributed by atoms with Gasteiger partial charge in [0.2, 0.25) is 35.4 Å². The highest BCUT2D eigenvalue weighted by Crippen LogP contribution is 2.34. The topological polar surface area (TPSA) is 176 Å². The van der Waals surface area contributed by atoms with Gasteiger partial charge >= 0.3 is 0 Å². The van der Waals surface area contributed by atoms with Crippen molar-refractivity contribution in [3.8, 4) is 23.0 Å². The zero-order chi connectivity index (χ0) is 41.6. The lowest BCUT2D eigenvalue weighted by Crippen LogP contribution is -2.61. The Morgan fingerprint density at radius 3 is 1.89 bits per heavy atom. The maximum atomic E-state index is 14.7. The number of rotatable bonds is 5. The quantitative estimate of drug-likeness (QED) is 0.351. The number of fused-ring (bicyclic) bond motifs is 2. The van der Waals surface area contributed by atoms with Crippen LogP contribution in [0.3, 0.4) is 0 Å². The van der Waals surface area contributed by atoms with Crippen LogP contribution < -0.4 is 30.2 Å². The molecule has 57 heavy (non-hydrogen) atoms. The molecule has 3 N–H and O–H groups in total. The average Bonchev–Trinajstić information content (AvgIpc) is 3.21. The van der Waals surface area contributed by atoms with Crippen molar-refractivity contribution < 1.29 is 43.0 Å². The number of ether oxygens (including phenoxy) is 3. The van der Waals surface area contributed by atoms with Gasteiger partial charge in [-0.3, -0.25) is 28.8 Å². The minimum absolute atomic E-state index is 0.00758. The van der Waals surface area contributed by atoms with Gasteiger partial charge in [-0.15, -0.1) is 0 Å². The number of amides is 6. The molecule has 3 aliphatic heterocycles. The summed E-state index contributed by atoms with van der Waals surface area (Å²) >= 11 is 0. The molecule has 3 aromatic carbocycles. The van der Waals surface area contributed by atoms with Crippen LogP contribution in [0.15, 0.2) is 66.7 Å². The van der Waals surface area contributed by atoms with Crippen molar-refractivity contribution in [2.24, 2.45) is 0 Å². The van der Waals surface area contributed by atoms with E-state index in [1.807, 2.05) is 0 Å². The summed E-state index contributed by atoms with van der Waals surface area (Å²) in [4.78, 5) is 88.8. The molecule has 0 spiro atoms. The normalized spacial score (nSPS) is 24.1. The van der Waals surface area contributed by atoms with Crippen LogP contribution in [-0.2, 0) is 48.0 Å². The zero-order valence-corrected chi connectivity index (χ0v) is 33.7. The minimum atomic E-state index is -1.16. The van der Waals surface area contributed by atoms with E-state index in [2.05, 4.69) is 16.0 Å². The monoisotopic (exact) mass is 784 g/mol. The first-order chi connectivity index (χ1) is 27.1. The third kappa shape index (κ3) is 9.65. The highest BCUT2D eigenvalue weighted by Gasteiger charge is 2.39. The Bertz CT molecular complexity index is 1970. The Morgan fingerprint density at radius 2 is 1.26 bits per heavy atom. The fourth-order valence-corrected chi connectivity index (χ4v) is 7.01. The third-order valence-electron chi connectivity index (χ3n) is 10.7. The van der Waals surface area contributed by atoms with Crippen molar-refractivity contribution in [1.82, 2.24) is 30.7 Å². The lowest BCUT2D eigenvalue weighted by molar-refractivity contribution is -0.149. The van der Waals surface area contributed by atoms with Crippen molar-refractivity contribution in [3.63, 3.8) is 0 Å². The third-order valence-corrected chi connectivity index (χ3v) is 10.7. The van der Waals surface area contributed by atoms with Crippen LogP contribution in [-0.4, -0.2) is 122 Å². The van der Waals surface area contributed by atoms with Crippen LogP contribution in [0, 0.1) is 0 Å². The maximum absolute atomic E-state index is 14.7. The highest BCUT2D eigenvalue weighted by atomic mass is 16.5. The molecule has 0 radical (unpaired) electrons. The van der Waals surface area contributed by atoms with E-state index in [1.165, 1.54) is 63.9 Å². The summed E-state index contributed by atoms with van der Waals surface area (Å²) in [7, 11) is 7.48. The van der Waals surface area contributed by atoms with E-state index in [0.717, 1.165) is 0 Å². The van der Waals surface area contributed by atoms with Crippen molar-refractivity contribution in [3.05, 3.63) is 83.4 Å². The van der Waals surface area contributed by atoms with Gasteiger partial charge in [0, 0.05) is 40.4 Å². The number of nitrogens with one attached hydrogen (secondary N) is 3. The van der Waals surface area contributed by atoms with Crippen LogP contribution in [0.2, 0.25) is 0 Å². The summed E-state index contributed by atoms with van der Waals surface area (Å²) in [6.07, 6.45) is 0.323. The molecule has 3 aromatic rings. The van der Waals surface area contributed by atoms with E-state index in [1.54, 1.807) is 73.7 Å². The van der Waals surface area contributed by atoms with Gasteiger partial charge in [-0.2, -0.15) is 0 Å². The van der Waals surface area contributed by atoms with Gasteiger partial charge in [0.05, 0.1) is 14.2 Å². The average molecular weight is 785 g/mol. The number of likely N-dealkylation sites (N-methyl/N-ethyl adjacent to an activating group) is 3. The minimum Gasteiger partial charge on any atom is -0.497 e. The second-order valence-electron chi connectivity index (χ2n) is 14.5. The highest BCUT2D eigenvalue weighted by molar-refractivity contribution is 5.98. The van der Waals surface area contributed by atoms with Gasteiger partial charge in [0.15, 0.2) is 11.5 Å². The zero-order valence-electron chi connectivity index (χ0n) is 33.7. The number of benzene rings is 3. The molecular weight excluding hydrogens is 732 g/mol. The van der Waals surface area contributed by atoms with Crippen molar-refractivity contribution in [2.75, 3.05) is 35.4 Å².